The van der Waals surface area contributed by atoms with Crippen molar-refractivity contribution in [3.8, 4) is 17.6 Å². The van der Waals surface area contributed by atoms with E-state index in [1.807, 2.05) is 6.07 Å². The van der Waals surface area contributed by atoms with Crippen LogP contribution >= 0.6 is 15.9 Å². The lowest BCUT2D eigenvalue weighted by atomic mass is 10.1. The average molecular weight is 336 g/mol. The zero-order valence-corrected chi connectivity index (χ0v) is 12.3. The highest BCUT2D eigenvalue weighted by atomic mass is 79.9. The van der Waals surface area contributed by atoms with Crippen LogP contribution < -0.4 is 9.47 Å². The van der Waals surface area contributed by atoms with Gasteiger partial charge in [-0.1, -0.05) is 6.07 Å². The molecule has 102 valence electrons. The van der Waals surface area contributed by atoms with Crippen LogP contribution in [0.2, 0.25) is 0 Å². The Morgan fingerprint density at radius 3 is 2.65 bits per heavy atom. The summed E-state index contributed by atoms with van der Waals surface area (Å²) in [6.45, 7) is 0.0858. The molecule has 0 N–H and O–H groups in total. The third kappa shape index (κ3) is 3.28. The first-order valence-corrected chi connectivity index (χ1v) is 6.58. The monoisotopic (exact) mass is 335 g/mol. The van der Waals surface area contributed by atoms with Gasteiger partial charge in [-0.2, -0.15) is 5.26 Å². The molecule has 0 bridgehead atoms. The highest BCUT2D eigenvalue weighted by molar-refractivity contribution is 9.10. The van der Waals surface area contributed by atoms with Crippen molar-refractivity contribution < 1.29 is 13.9 Å². The van der Waals surface area contributed by atoms with E-state index in [1.54, 1.807) is 37.4 Å². The molecule has 0 spiro atoms. The smallest absolute Gasteiger partial charge is 0.134 e. The van der Waals surface area contributed by atoms with E-state index >= 15 is 0 Å². The summed E-state index contributed by atoms with van der Waals surface area (Å²) in [7, 11) is 1.58. The summed E-state index contributed by atoms with van der Waals surface area (Å²) < 4.78 is 25.1. The normalized spacial score (nSPS) is 9.90. The molecular formula is C15H11BrFNO2. The van der Waals surface area contributed by atoms with E-state index in [0.29, 0.717) is 17.1 Å². The number of rotatable bonds is 4. The summed E-state index contributed by atoms with van der Waals surface area (Å²) in [5.74, 6) is 0.844. The molecule has 0 unspecified atom stereocenters. The van der Waals surface area contributed by atoms with E-state index in [9.17, 15) is 4.39 Å². The van der Waals surface area contributed by atoms with Gasteiger partial charge in [0.15, 0.2) is 0 Å². The fourth-order valence-electron chi connectivity index (χ4n) is 1.62. The van der Waals surface area contributed by atoms with Crippen molar-refractivity contribution in [1.82, 2.24) is 0 Å². The maximum Gasteiger partial charge on any atom is 0.134 e. The Hall–Kier alpha value is -2.06. The Kier molecular flexibility index (Phi) is 4.59. The van der Waals surface area contributed by atoms with Crippen molar-refractivity contribution in [2.75, 3.05) is 7.11 Å². The third-order valence-electron chi connectivity index (χ3n) is 2.70. The molecule has 2 rings (SSSR count). The standard InChI is InChI=1S/C15H11BrFNO2/c1-19-12-4-5-15(13(16)7-12)20-9-11-3-2-10(8-18)6-14(11)17/h2-7H,9H2,1H3. The molecule has 0 aliphatic rings. The molecule has 2 aromatic rings. The number of halogens is 2. The molecule has 0 fully saturated rings. The summed E-state index contributed by atoms with van der Waals surface area (Å²) in [4.78, 5) is 0. The van der Waals surface area contributed by atoms with Gasteiger partial charge in [0, 0.05) is 5.56 Å². The van der Waals surface area contributed by atoms with Gasteiger partial charge in [0.2, 0.25) is 0 Å². The molecule has 0 aromatic heterocycles. The number of methoxy groups -OCH3 is 1. The molecule has 0 aliphatic carbocycles. The summed E-state index contributed by atoms with van der Waals surface area (Å²) in [5, 5.41) is 8.68. The first kappa shape index (κ1) is 14.4. The molecule has 3 nitrogen and oxygen atoms in total. The molecule has 0 aliphatic heterocycles. The second-order valence-electron chi connectivity index (χ2n) is 4.00. The van der Waals surface area contributed by atoms with Gasteiger partial charge in [0.25, 0.3) is 0 Å². The summed E-state index contributed by atoms with van der Waals surface area (Å²) in [6.07, 6.45) is 0. The maximum absolute atomic E-state index is 13.7. The summed E-state index contributed by atoms with van der Waals surface area (Å²) in [5.41, 5.74) is 0.684. The van der Waals surface area contributed by atoms with Crippen molar-refractivity contribution >= 4 is 15.9 Å². The number of hydrogen-bond acceptors (Lipinski definition) is 3. The lowest BCUT2D eigenvalue weighted by molar-refractivity contribution is 0.297. The predicted molar refractivity (Wildman–Crippen MR) is 76.1 cm³/mol. The van der Waals surface area contributed by atoms with Crippen molar-refractivity contribution in [3.63, 3.8) is 0 Å². The fourth-order valence-corrected chi connectivity index (χ4v) is 2.09. The van der Waals surface area contributed by atoms with Gasteiger partial charge in [-0.05, 0) is 46.3 Å². The number of benzene rings is 2. The van der Waals surface area contributed by atoms with Gasteiger partial charge >= 0.3 is 0 Å². The number of nitrogens with zero attached hydrogens (tertiary/aromatic N) is 1. The molecule has 0 amide bonds. The highest BCUT2D eigenvalue weighted by Crippen LogP contribution is 2.29. The van der Waals surface area contributed by atoms with Crippen molar-refractivity contribution in [2.45, 2.75) is 6.61 Å². The van der Waals surface area contributed by atoms with Gasteiger partial charge in [-0.15, -0.1) is 0 Å². The van der Waals surface area contributed by atoms with Gasteiger partial charge in [-0.25, -0.2) is 4.39 Å². The van der Waals surface area contributed by atoms with Gasteiger partial charge < -0.3 is 9.47 Å². The molecule has 5 heteroatoms. The van der Waals surface area contributed by atoms with E-state index in [2.05, 4.69) is 15.9 Å². The molecular weight excluding hydrogens is 325 g/mol. The number of hydrogen-bond donors (Lipinski definition) is 0. The zero-order valence-electron chi connectivity index (χ0n) is 10.7. The Labute approximate surface area is 124 Å². The summed E-state index contributed by atoms with van der Waals surface area (Å²) in [6, 6.07) is 11.5. The lowest BCUT2D eigenvalue weighted by Crippen LogP contribution is -1.99. The van der Waals surface area contributed by atoms with Gasteiger partial charge in [0.05, 0.1) is 23.2 Å². The zero-order chi connectivity index (χ0) is 14.5. The van der Waals surface area contributed by atoms with Crippen LogP contribution in [0.1, 0.15) is 11.1 Å². The highest BCUT2D eigenvalue weighted by Gasteiger charge is 2.07. The van der Waals surface area contributed by atoms with E-state index in [-0.39, 0.29) is 12.2 Å². The molecule has 2 aromatic carbocycles. The van der Waals surface area contributed by atoms with E-state index in [0.717, 1.165) is 4.47 Å². The van der Waals surface area contributed by atoms with Crippen LogP contribution in [0, 0.1) is 17.1 Å². The van der Waals surface area contributed by atoms with Crippen LogP contribution in [0.3, 0.4) is 0 Å². The minimum absolute atomic E-state index is 0.0858. The molecule has 0 saturated heterocycles. The van der Waals surface area contributed by atoms with Crippen LogP contribution in [0.15, 0.2) is 40.9 Å². The number of nitriles is 1. The minimum atomic E-state index is -0.450. The molecule has 0 heterocycles. The van der Waals surface area contributed by atoms with Gasteiger partial charge in [-0.3, -0.25) is 0 Å². The first-order valence-electron chi connectivity index (χ1n) is 5.79. The maximum atomic E-state index is 13.7. The lowest BCUT2D eigenvalue weighted by Gasteiger charge is -2.10. The van der Waals surface area contributed by atoms with Crippen molar-refractivity contribution in [1.29, 1.82) is 5.26 Å². The Balaban J connectivity index is 2.11. The van der Waals surface area contributed by atoms with Gasteiger partial charge in [0.1, 0.15) is 23.9 Å². The topological polar surface area (TPSA) is 42.2 Å². The summed E-state index contributed by atoms with van der Waals surface area (Å²) >= 11 is 3.36. The SMILES string of the molecule is COc1ccc(OCc2ccc(C#N)cc2F)c(Br)c1. The van der Waals surface area contributed by atoms with Crippen LogP contribution in [0.25, 0.3) is 0 Å². The van der Waals surface area contributed by atoms with E-state index in [1.165, 1.54) is 6.07 Å². The van der Waals surface area contributed by atoms with Crippen LogP contribution in [0.5, 0.6) is 11.5 Å². The minimum Gasteiger partial charge on any atom is -0.497 e. The Morgan fingerprint density at radius 1 is 1.25 bits per heavy atom. The molecule has 0 saturated carbocycles. The van der Waals surface area contributed by atoms with Crippen LogP contribution in [-0.4, -0.2) is 7.11 Å². The molecule has 0 radical (unpaired) electrons. The van der Waals surface area contributed by atoms with Crippen LogP contribution in [0.4, 0.5) is 4.39 Å². The third-order valence-corrected chi connectivity index (χ3v) is 3.32. The second kappa shape index (κ2) is 6.40. The predicted octanol–water partition coefficient (Wildman–Crippen LogP) is 4.05. The second-order valence-corrected chi connectivity index (χ2v) is 4.86. The van der Waals surface area contributed by atoms with Crippen molar-refractivity contribution in [3.05, 3.63) is 57.8 Å². The Bertz CT molecular complexity index is 667. The molecule has 0 atom stereocenters. The van der Waals surface area contributed by atoms with Crippen molar-refractivity contribution in [2.24, 2.45) is 0 Å². The van der Waals surface area contributed by atoms with E-state index < -0.39 is 5.82 Å². The molecule has 20 heavy (non-hydrogen) atoms. The fraction of sp³-hybridized carbons (Fsp3) is 0.133. The Morgan fingerprint density at radius 2 is 2.05 bits per heavy atom. The van der Waals surface area contributed by atoms with E-state index in [4.69, 9.17) is 14.7 Å². The first-order chi connectivity index (χ1) is 9.63. The number of ether oxygens (including phenoxy) is 2. The quantitative estimate of drug-likeness (QED) is 0.846. The largest absolute Gasteiger partial charge is 0.497 e. The van der Waals surface area contributed by atoms with Crippen LogP contribution in [-0.2, 0) is 6.61 Å². The average Bonchev–Trinajstić information content (AvgIpc) is 2.46.